The number of esters is 1. The normalized spacial score (nSPS) is 14.1. The third-order valence-corrected chi connectivity index (χ3v) is 2.54. The number of hydrogen-bond donors (Lipinski definition) is 3. The van der Waals surface area contributed by atoms with Gasteiger partial charge in [-0.3, -0.25) is 10.1 Å². The molecule has 17 heavy (non-hydrogen) atoms. The fraction of sp³-hybridized carbons (Fsp3) is 0.417. The molecule has 1 aromatic carbocycles. The number of carbonyl (C=O) groups excluding carboxylic acids is 1. The highest BCUT2D eigenvalue weighted by molar-refractivity contribution is 5.75. The zero-order valence-electron chi connectivity index (χ0n) is 10.1. The standard InChI is InChI=1S/C12H17NO4/c1-7(13-8(2)12(16)17-3)10-5-4-9(14)6-11(10)15/h4-8,13-15H,1-3H3/t7?,8-/m0/s1. The maximum atomic E-state index is 11.2. The molecule has 0 aliphatic rings. The summed E-state index contributed by atoms with van der Waals surface area (Å²) in [5, 5.41) is 21.8. The molecule has 0 aliphatic carbocycles. The summed E-state index contributed by atoms with van der Waals surface area (Å²) in [5.41, 5.74) is 0.610. The second-order valence-electron chi connectivity index (χ2n) is 3.88. The lowest BCUT2D eigenvalue weighted by atomic mass is 10.1. The van der Waals surface area contributed by atoms with Crippen molar-refractivity contribution in [2.75, 3.05) is 7.11 Å². The van der Waals surface area contributed by atoms with E-state index < -0.39 is 6.04 Å². The first-order chi connectivity index (χ1) is 7.95. The van der Waals surface area contributed by atoms with E-state index in [-0.39, 0.29) is 23.5 Å². The molecule has 0 heterocycles. The van der Waals surface area contributed by atoms with Gasteiger partial charge in [0.2, 0.25) is 0 Å². The molecule has 3 N–H and O–H groups in total. The Morgan fingerprint density at radius 1 is 1.35 bits per heavy atom. The molecule has 0 bridgehead atoms. The number of ether oxygens (including phenoxy) is 1. The molecular weight excluding hydrogens is 222 g/mol. The van der Waals surface area contributed by atoms with Gasteiger partial charge in [-0.05, 0) is 19.9 Å². The summed E-state index contributed by atoms with van der Waals surface area (Å²) in [6, 6.07) is 3.64. The summed E-state index contributed by atoms with van der Waals surface area (Å²) in [6.07, 6.45) is 0. The molecular formula is C12H17NO4. The van der Waals surface area contributed by atoms with Crippen LogP contribution >= 0.6 is 0 Å². The maximum absolute atomic E-state index is 11.2. The van der Waals surface area contributed by atoms with Crippen LogP contribution in [0.15, 0.2) is 18.2 Å². The van der Waals surface area contributed by atoms with E-state index in [1.54, 1.807) is 13.0 Å². The Kier molecular flexibility index (Phi) is 4.34. The molecule has 2 atom stereocenters. The van der Waals surface area contributed by atoms with E-state index in [2.05, 4.69) is 10.1 Å². The van der Waals surface area contributed by atoms with Crippen LogP contribution in [0.2, 0.25) is 0 Å². The molecule has 0 saturated carbocycles. The van der Waals surface area contributed by atoms with Crippen molar-refractivity contribution in [1.29, 1.82) is 0 Å². The topological polar surface area (TPSA) is 78.8 Å². The first-order valence-electron chi connectivity index (χ1n) is 5.31. The summed E-state index contributed by atoms with van der Waals surface area (Å²) in [4.78, 5) is 11.2. The Hall–Kier alpha value is -1.75. The highest BCUT2D eigenvalue weighted by Crippen LogP contribution is 2.27. The van der Waals surface area contributed by atoms with Crippen LogP contribution in [0.25, 0.3) is 0 Å². The van der Waals surface area contributed by atoms with Crippen LogP contribution < -0.4 is 5.32 Å². The van der Waals surface area contributed by atoms with Crippen LogP contribution in [0.3, 0.4) is 0 Å². The van der Waals surface area contributed by atoms with Crippen molar-refractivity contribution >= 4 is 5.97 Å². The molecule has 1 rings (SSSR count). The molecule has 1 aromatic rings. The Morgan fingerprint density at radius 2 is 2.00 bits per heavy atom. The number of nitrogens with one attached hydrogen (secondary N) is 1. The first-order valence-corrected chi connectivity index (χ1v) is 5.31. The van der Waals surface area contributed by atoms with Crippen molar-refractivity contribution in [2.24, 2.45) is 0 Å². The molecule has 0 fully saturated rings. The van der Waals surface area contributed by atoms with Crippen molar-refractivity contribution in [1.82, 2.24) is 5.32 Å². The van der Waals surface area contributed by atoms with Crippen LogP contribution in [-0.4, -0.2) is 29.3 Å². The van der Waals surface area contributed by atoms with Crippen LogP contribution in [-0.2, 0) is 9.53 Å². The zero-order valence-corrected chi connectivity index (χ0v) is 10.1. The van der Waals surface area contributed by atoms with E-state index in [1.165, 1.54) is 19.2 Å². The van der Waals surface area contributed by atoms with E-state index >= 15 is 0 Å². The summed E-state index contributed by atoms with van der Waals surface area (Å²) in [7, 11) is 1.32. The maximum Gasteiger partial charge on any atom is 0.322 e. The van der Waals surface area contributed by atoms with Crippen molar-refractivity contribution in [2.45, 2.75) is 25.9 Å². The van der Waals surface area contributed by atoms with Gasteiger partial charge in [0.05, 0.1) is 7.11 Å². The van der Waals surface area contributed by atoms with Gasteiger partial charge in [-0.2, -0.15) is 0 Å². The molecule has 0 radical (unpaired) electrons. The van der Waals surface area contributed by atoms with Gasteiger partial charge >= 0.3 is 5.97 Å². The number of methoxy groups -OCH3 is 1. The van der Waals surface area contributed by atoms with Gasteiger partial charge in [-0.25, -0.2) is 0 Å². The second kappa shape index (κ2) is 5.54. The van der Waals surface area contributed by atoms with Gasteiger partial charge in [-0.1, -0.05) is 6.07 Å². The third-order valence-electron chi connectivity index (χ3n) is 2.54. The molecule has 1 unspecified atom stereocenters. The molecule has 94 valence electrons. The number of phenols is 2. The molecule has 0 saturated heterocycles. The fourth-order valence-corrected chi connectivity index (χ4v) is 1.61. The number of phenolic OH excluding ortho intramolecular Hbond substituents is 2. The smallest absolute Gasteiger partial charge is 0.322 e. The Morgan fingerprint density at radius 3 is 2.53 bits per heavy atom. The number of hydrogen-bond acceptors (Lipinski definition) is 5. The summed E-state index contributed by atoms with van der Waals surface area (Å²) in [5.74, 6) is -0.378. The summed E-state index contributed by atoms with van der Waals surface area (Å²) >= 11 is 0. The van der Waals surface area contributed by atoms with Gasteiger partial charge in [0, 0.05) is 17.7 Å². The number of carbonyl (C=O) groups is 1. The van der Waals surface area contributed by atoms with Crippen LogP contribution in [0.1, 0.15) is 25.5 Å². The molecule has 5 heteroatoms. The number of benzene rings is 1. The highest BCUT2D eigenvalue weighted by Gasteiger charge is 2.18. The van der Waals surface area contributed by atoms with Crippen LogP contribution in [0.4, 0.5) is 0 Å². The Balaban J connectivity index is 2.76. The number of aromatic hydroxyl groups is 2. The van der Waals surface area contributed by atoms with E-state index in [9.17, 15) is 15.0 Å². The Bertz CT molecular complexity index is 405. The molecule has 0 spiro atoms. The van der Waals surface area contributed by atoms with Crippen LogP contribution in [0.5, 0.6) is 11.5 Å². The Labute approximate surface area is 100 Å². The van der Waals surface area contributed by atoms with E-state index in [0.29, 0.717) is 5.56 Å². The molecule has 5 nitrogen and oxygen atoms in total. The largest absolute Gasteiger partial charge is 0.508 e. The zero-order chi connectivity index (χ0) is 13.0. The van der Waals surface area contributed by atoms with Gasteiger partial charge < -0.3 is 14.9 Å². The minimum Gasteiger partial charge on any atom is -0.508 e. The quantitative estimate of drug-likeness (QED) is 0.690. The van der Waals surface area contributed by atoms with Gasteiger partial charge in [0.1, 0.15) is 17.5 Å². The lowest BCUT2D eigenvalue weighted by molar-refractivity contribution is -0.142. The fourth-order valence-electron chi connectivity index (χ4n) is 1.61. The predicted molar refractivity (Wildman–Crippen MR) is 62.8 cm³/mol. The monoisotopic (exact) mass is 239 g/mol. The van der Waals surface area contributed by atoms with E-state index in [0.717, 1.165) is 0 Å². The van der Waals surface area contributed by atoms with Crippen molar-refractivity contribution < 1.29 is 19.7 Å². The minimum atomic E-state index is -0.469. The first kappa shape index (κ1) is 13.3. The van der Waals surface area contributed by atoms with Crippen molar-refractivity contribution in [3.8, 4) is 11.5 Å². The van der Waals surface area contributed by atoms with Gasteiger partial charge in [-0.15, -0.1) is 0 Å². The summed E-state index contributed by atoms with van der Waals surface area (Å²) in [6.45, 7) is 3.49. The second-order valence-corrected chi connectivity index (χ2v) is 3.88. The van der Waals surface area contributed by atoms with Crippen molar-refractivity contribution in [3.05, 3.63) is 23.8 Å². The SMILES string of the molecule is COC(=O)[C@H](C)NC(C)c1ccc(O)cc1O. The van der Waals surface area contributed by atoms with Crippen LogP contribution in [0, 0.1) is 0 Å². The molecule has 0 aromatic heterocycles. The lowest BCUT2D eigenvalue weighted by Crippen LogP contribution is -2.36. The van der Waals surface area contributed by atoms with E-state index in [4.69, 9.17) is 0 Å². The lowest BCUT2D eigenvalue weighted by Gasteiger charge is -2.19. The van der Waals surface area contributed by atoms with Gasteiger partial charge in [0.25, 0.3) is 0 Å². The highest BCUT2D eigenvalue weighted by atomic mass is 16.5. The third kappa shape index (κ3) is 3.35. The number of rotatable bonds is 4. The van der Waals surface area contributed by atoms with Crippen molar-refractivity contribution in [3.63, 3.8) is 0 Å². The van der Waals surface area contributed by atoms with E-state index in [1.807, 2.05) is 6.92 Å². The minimum absolute atomic E-state index is 0.000494. The van der Waals surface area contributed by atoms with Gasteiger partial charge in [0.15, 0.2) is 0 Å². The average Bonchev–Trinajstić information content (AvgIpc) is 2.27. The average molecular weight is 239 g/mol. The molecule has 0 amide bonds. The molecule has 0 aliphatic heterocycles. The predicted octanol–water partition coefficient (Wildman–Crippen LogP) is 1.31. The summed E-state index contributed by atoms with van der Waals surface area (Å²) < 4.78 is 4.59.